The molecule has 0 atom stereocenters. The highest BCUT2D eigenvalue weighted by molar-refractivity contribution is 9.10. The first-order valence-electron chi connectivity index (χ1n) is 8.52. The Morgan fingerprint density at radius 2 is 1.75 bits per heavy atom. The van der Waals surface area contributed by atoms with Crippen molar-refractivity contribution in [2.45, 2.75) is 20.0 Å². The Kier molecular flexibility index (Phi) is 5.89. The highest BCUT2D eigenvalue weighted by Gasteiger charge is 2.16. The second-order valence-electron chi connectivity index (χ2n) is 6.23. The van der Waals surface area contributed by atoms with Gasteiger partial charge in [-0.15, -0.1) is 0 Å². The predicted molar refractivity (Wildman–Crippen MR) is 108 cm³/mol. The number of hydrogen-bond donors (Lipinski definition) is 2. The van der Waals surface area contributed by atoms with Crippen LogP contribution in [0.5, 0.6) is 11.5 Å². The topological polar surface area (TPSA) is 89.8 Å². The number of methoxy groups -OCH3 is 1. The minimum Gasteiger partial charge on any atom is -0.493 e. The van der Waals surface area contributed by atoms with Gasteiger partial charge < -0.3 is 13.9 Å². The van der Waals surface area contributed by atoms with Crippen LogP contribution in [0.1, 0.15) is 34.8 Å². The number of halogens is 1. The van der Waals surface area contributed by atoms with Crippen LogP contribution >= 0.6 is 15.9 Å². The van der Waals surface area contributed by atoms with Crippen LogP contribution in [-0.4, -0.2) is 25.0 Å². The average Bonchev–Trinajstić information content (AvgIpc) is 3.08. The number of hydrazine groups is 1. The van der Waals surface area contributed by atoms with Crippen LogP contribution in [-0.2, 0) is 0 Å². The van der Waals surface area contributed by atoms with E-state index in [-0.39, 0.29) is 11.9 Å². The first kappa shape index (κ1) is 19.8. The fourth-order valence-electron chi connectivity index (χ4n) is 2.53. The van der Waals surface area contributed by atoms with Crippen molar-refractivity contribution in [2.24, 2.45) is 0 Å². The summed E-state index contributed by atoms with van der Waals surface area (Å²) in [6.07, 6.45) is -0.0303. The molecule has 0 radical (unpaired) electrons. The number of benzene rings is 2. The molecule has 1 aromatic heterocycles. The summed E-state index contributed by atoms with van der Waals surface area (Å²) in [5, 5.41) is 0.774. The van der Waals surface area contributed by atoms with E-state index in [1.807, 2.05) is 26.0 Å². The maximum absolute atomic E-state index is 12.3. The fourth-order valence-corrected chi connectivity index (χ4v) is 2.91. The molecule has 146 valence electrons. The van der Waals surface area contributed by atoms with E-state index < -0.39 is 11.8 Å². The van der Waals surface area contributed by atoms with E-state index in [0.29, 0.717) is 22.6 Å². The van der Waals surface area contributed by atoms with E-state index in [9.17, 15) is 9.59 Å². The molecule has 0 aliphatic carbocycles. The number of hydrogen-bond acceptors (Lipinski definition) is 5. The van der Waals surface area contributed by atoms with Crippen LogP contribution < -0.4 is 20.3 Å². The molecule has 0 bridgehead atoms. The Bertz CT molecular complexity index is 1030. The van der Waals surface area contributed by atoms with Crippen molar-refractivity contribution < 1.29 is 23.5 Å². The monoisotopic (exact) mass is 446 g/mol. The van der Waals surface area contributed by atoms with Gasteiger partial charge in [0.2, 0.25) is 0 Å². The lowest BCUT2D eigenvalue weighted by atomic mass is 10.2. The van der Waals surface area contributed by atoms with Crippen molar-refractivity contribution in [1.29, 1.82) is 0 Å². The second-order valence-corrected chi connectivity index (χ2v) is 7.15. The van der Waals surface area contributed by atoms with Gasteiger partial charge in [0.15, 0.2) is 17.3 Å². The molecule has 0 saturated carbocycles. The van der Waals surface area contributed by atoms with Crippen molar-refractivity contribution in [3.63, 3.8) is 0 Å². The number of rotatable bonds is 5. The van der Waals surface area contributed by atoms with Crippen molar-refractivity contribution in [2.75, 3.05) is 7.11 Å². The van der Waals surface area contributed by atoms with E-state index in [4.69, 9.17) is 13.9 Å². The normalized spacial score (nSPS) is 10.8. The summed E-state index contributed by atoms with van der Waals surface area (Å²) in [5.74, 6) is -0.0114. The summed E-state index contributed by atoms with van der Waals surface area (Å²) >= 11 is 3.37. The van der Waals surface area contributed by atoms with E-state index in [1.165, 1.54) is 13.2 Å². The first-order chi connectivity index (χ1) is 13.4. The minimum absolute atomic E-state index is 0.0303. The van der Waals surface area contributed by atoms with Gasteiger partial charge >= 0.3 is 5.91 Å². The number of amides is 2. The Balaban J connectivity index is 1.68. The van der Waals surface area contributed by atoms with Crippen LogP contribution in [0.3, 0.4) is 0 Å². The highest BCUT2D eigenvalue weighted by Crippen LogP contribution is 2.29. The number of furan rings is 1. The van der Waals surface area contributed by atoms with Gasteiger partial charge in [-0.05, 0) is 56.3 Å². The molecule has 0 aliphatic rings. The summed E-state index contributed by atoms with van der Waals surface area (Å²) in [4.78, 5) is 24.6. The van der Waals surface area contributed by atoms with Gasteiger partial charge in [0.05, 0.1) is 13.2 Å². The molecule has 7 nitrogen and oxygen atoms in total. The van der Waals surface area contributed by atoms with E-state index in [1.54, 1.807) is 24.3 Å². The molecule has 0 fully saturated rings. The molecule has 2 amide bonds. The van der Waals surface area contributed by atoms with Crippen LogP contribution in [0.15, 0.2) is 51.4 Å². The Morgan fingerprint density at radius 3 is 2.46 bits per heavy atom. The van der Waals surface area contributed by atoms with Gasteiger partial charge in [-0.3, -0.25) is 20.4 Å². The zero-order valence-electron chi connectivity index (χ0n) is 15.5. The van der Waals surface area contributed by atoms with E-state index in [0.717, 1.165) is 9.86 Å². The molecule has 0 saturated heterocycles. The van der Waals surface area contributed by atoms with Crippen molar-refractivity contribution in [3.05, 3.63) is 58.3 Å². The first-order valence-corrected chi connectivity index (χ1v) is 9.31. The number of ether oxygens (including phenoxy) is 2. The Hall–Kier alpha value is -3.00. The van der Waals surface area contributed by atoms with Crippen molar-refractivity contribution in [3.8, 4) is 11.5 Å². The molecule has 2 aromatic carbocycles. The molecule has 3 rings (SSSR count). The minimum atomic E-state index is -0.563. The zero-order chi connectivity index (χ0) is 20.3. The van der Waals surface area contributed by atoms with Crippen LogP contribution in [0.25, 0.3) is 11.0 Å². The maximum Gasteiger partial charge on any atom is 0.305 e. The number of carbonyl (C=O) groups excluding carboxylic acids is 2. The zero-order valence-corrected chi connectivity index (χ0v) is 17.1. The molecule has 2 N–H and O–H groups in total. The molecule has 0 spiro atoms. The highest BCUT2D eigenvalue weighted by atomic mass is 79.9. The van der Waals surface area contributed by atoms with Gasteiger partial charge in [0.1, 0.15) is 5.58 Å². The number of nitrogens with one attached hydrogen (secondary N) is 2. The summed E-state index contributed by atoms with van der Waals surface area (Å²) < 4.78 is 17.3. The lowest BCUT2D eigenvalue weighted by molar-refractivity contribution is 0.0832. The standard InChI is InChI=1S/C20H19BrN2O5/c1-11(2)27-16-6-4-12(9-17(16)26-3)19(24)22-23-20(25)18-10-13-8-14(21)5-7-15(13)28-18/h4-11H,1-3H3,(H,22,24)(H,23,25). The molecular formula is C20H19BrN2O5. The molecule has 3 aromatic rings. The summed E-state index contributed by atoms with van der Waals surface area (Å²) in [7, 11) is 1.49. The maximum atomic E-state index is 12.3. The summed E-state index contributed by atoms with van der Waals surface area (Å²) in [5.41, 5.74) is 5.58. The third kappa shape index (κ3) is 4.45. The van der Waals surface area contributed by atoms with E-state index >= 15 is 0 Å². The lowest BCUT2D eigenvalue weighted by Crippen LogP contribution is -2.41. The van der Waals surface area contributed by atoms with Crippen molar-refractivity contribution in [1.82, 2.24) is 10.9 Å². The Labute approximate surface area is 170 Å². The fraction of sp³-hybridized carbons (Fsp3) is 0.200. The van der Waals surface area contributed by atoms with Crippen LogP contribution in [0.2, 0.25) is 0 Å². The number of fused-ring (bicyclic) bond motifs is 1. The second kappa shape index (κ2) is 8.35. The lowest BCUT2D eigenvalue weighted by Gasteiger charge is -2.14. The molecule has 28 heavy (non-hydrogen) atoms. The van der Waals surface area contributed by atoms with Gasteiger partial charge in [-0.2, -0.15) is 0 Å². The third-order valence-corrected chi connectivity index (χ3v) is 4.27. The SMILES string of the molecule is COc1cc(C(=O)NNC(=O)c2cc3cc(Br)ccc3o2)ccc1OC(C)C. The predicted octanol–water partition coefficient (Wildman–Crippen LogP) is 4.07. The smallest absolute Gasteiger partial charge is 0.305 e. The summed E-state index contributed by atoms with van der Waals surface area (Å²) in [6, 6.07) is 11.8. The molecule has 8 heteroatoms. The van der Waals surface area contributed by atoms with Crippen LogP contribution in [0, 0.1) is 0 Å². The average molecular weight is 447 g/mol. The largest absolute Gasteiger partial charge is 0.493 e. The molecule has 0 aliphatic heterocycles. The quantitative estimate of drug-likeness (QED) is 0.576. The number of carbonyl (C=O) groups is 2. The van der Waals surface area contributed by atoms with Gasteiger partial charge in [-0.1, -0.05) is 15.9 Å². The van der Waals surface area contributed by atoms with Gasteiger partial charge in [-0.25, -0.2) is 0 Å². The molecular weight excluding hydrogens is 428 g/mol. The third-order valence-electron chi connectivity index (χ3n) is 3.78. The van der Waals surface area contributed by atoms with Gasteiger partial charge in [0, 0.05) is 15.4 Å². The van der Waals surface area contributed by atoms with Crippen LogP contribution in [0.4, 0.5) is 0 Å². The van der Waals surface area contributed by atoms with E-state index in [2.05, 4.69) is 26.8 Å². The summed E-state index contributed by atoms with van der Waals surface area (Å²) in [6.45, 7) is 3.79. The van der Waals surface area contributed by atoms with Crippen molar-refractivity contribution >= 4 is 38.7 Å². The molecule has 1 heterocycles. The van der Waals surface area contributed by atoms with Gasteiger partial charge in [0.25, 0.3) is 5.91 Å². The Morgan fingerprint density at radius 1 is 1.00 bits per heavy atom. The molecule has 0 unspecified atom stereocenters.